The Bertz CT molecular complexity index is 773. The first-order valence-corrected chi connectivity index (χ1v) is 10.5. The molecule has 1 aromatic heterocycles. The zero-order chi connectivity index (χ0) is 18.5. The van der Waals surface area contributed by atoms with E-state index in [9.17, 15) is 9.59 Å². The zero-order valence-electron chi connectivity index (χ0n) is 14.9. The Morgan fingerprint density at radius 1 is 1.31 bits per heavy atom. The molecule has 0 spiro atoms. The second-order valence-electron chi connectivity index (χ2n) is 6.20. The number of methoxy groups -OCH3 is 1. The van der Waals surface area contributed by atoms with Gasteiger partial charge in [0, 0.05) is 28.1 Å². The number of rotatable bonds is 5. The summed E-state index contributed by atoms with van der Waals surface area (Å²) in [7, 11) is 1.37. The molecular formula is C19H22N2O3S2. The van der Waals surface area contributed by atoms with E-state index >= 15 is 0 Å². The smallest absolute Gasteiger partial charge is 0.328 e. The molecule has 1 fully saturated rings. The van der Waals surface area contributed by atoms with Gasteiger partial charge in [-0.15, -0.1) is 23.1 Å². The van der Waals surface area contributed by atoms with Crippen molar-refractivity contribution in [3.05, 3.63) is 45.9 Å². The Morgan fingerprint density at radius 3 is 2.73 bits per heavy atom. The molecule has 5 nitrogen and oxygen atoms in total. The zero-order valence-corrected chi connectivity index (χ0v) is 16.6. The van der Waals surface area contributed by atoms with E-state index in [0.717, 1.165) is 34.2 Å². The second kappa shape index (κ2) is 8.68. The van der Waals surface area contributed by atoms with Crippen LogP contribution in [0.5, 0.6) is 0 Å². The molecule has 26 heavy (non-hydrogen) atoms. The molecule has 0 bridgehead atoms. The van der Waals surface area contributed by atoms with Gasteiger partial charge < -0.3 is 9.64 Å². The first-order chi connectivity index (χ1) is 12.6. The average Bonchev–Trinajstić information content (AvgIpc) is 3.11. The van der Waals surface area contributed by atoms with E-state index in [1.807, 2.05) is 31.2 Å². The fourth-order valence-corrected chi connectivity index (χ4v) is 4.56. The Kier molecular flexibility index (Phi) is 6.32. The number of esters is 1. The maximum atomic E-state index is 12.8. The summed E-state index contributed by atoms with van der Waals surface area (Å²) in [5.74, 6) is 0.379. The number of hydrogen-bond acceptors (Lipinski definition) is 6. The van der Waals surface area contributed by atoms with Crippen molar-refractivity contribution in [2.75, 3.05) is 13.7 Å². The molecule has 1 atom stereocenters. The third kappa shape index (κ3) is 4.45. The first-order valence-electron chi connectivity index (χ1n) is 8.61. The van der Waals surface area contributed by atoms with E-state index in [4.69, 9.17) is 4.74 Å². The Hall–Kier alpha value is -1.86. The summed E-state index contributed by atoms with van der Waals surface area (Å²) in [6.07, 6.45) is 2.52. The van der Waals surface area contributed by atoms with Crippen LogP contribution in [0.4, 0.5) is 0 Å². The van der Waals surface area contributed by atoms with E-state index in [1.54, 1.807) is 28.0 Å². The van der Waals surface area contributed by atoms with Crippen molar-refractivity contribution in [3.8, 4) is 0 Å². The highest BCUT2D eigenvalue weighted by atomic mass is 32.2. The van der Waals surface area contributed by atoms with Crippen LogP contribution in [0.3, 0.4) is 0 Å². The van der Waals surface area contributed by atoms with Gasteiger partial charge in [0.05, 0.1) is 17.8 Å². The lowest BCUT2D eigenvalue weighted by Crippen LogP contribution is -2.48. The molecule has 1 saturated heterocycles. The SMILES string of the molecule is COC(=O)C1CCCCN1C(=O)c1ccc(SCc2csc(C)n2)cc1. The van der Waals surface area contributed by atoms with Crippen LogP contribution in [0.2, 0.25) is 0 Å². The maximum absolute atomic E-state index is 12.8. The summed E-state index contributed by atoms with van der Waals surface area (Å²) >= 11 is 3.35. The average molecular weight is 391 g/mol. The Morgan fingerprint density at radius 2 is 2.08 bits per heavy atom. The van der Waals surface area contributed by atoms with Gasteiger partial charge >= 0.3 is 5.97 Å². The number of hydrogen-bond donors (Lipinski definition) is 0. The lowest BCUT2D eigenvalue weighted by molar-refractivity contribution is -0.147. The molecule has 3 rings (SSSR count). The van der Waals surface area contributed by atoms with Crippen molar-refractivity contribution in [2.45, 2.75) is 42.9 Å². The molecule has 1 aliphatic rings. The number of amides is 1. The molecule has 0 N–H and O–H groups in total. The fraction of sp³-hybridized carbons (Fsp3) is 0.421. The van der Waals surface area contributed by atoms with Gasteiger partial charge in [0.2, 0.25) is 0 Å². The van der Waals surface area contributed by atoms with E-state index in [0.29, 0.717) is 18.5 Å². The van der Waals surface area contributed by atoms with Crippen molar-refractivity contribution in [3.63, 3.8) is 0 Å². The van der Waals surface area contributed by atoms with Crippen LogP contribution in [-0.2, 0) is 15.3 Å². The number of thioether (sulfide) groups is 1. The normalized spacial score (nSPS) is 17.2. The molecule has 0 aliphatic carbocycles. The van der Waals surface area contributed by atoms with Crippen LogP contribution >= 0.6 is 23.1 Å². The van der Waals surface area contributed by atoms with E-state index in [-0.39, 0.29) is 11.9 Å². The number of benzene rings is 1. The van der Waals surface area contributed by atoms with Gasteiger partial charge in [0.1, 0.15) is 6.04 Å². The summed E-state index contributed by atoms with van der Waals surface area (Å²) in [6, 6.07) is 7.10. The number of carbonyl (C=O) groups is 2. The highest BCUT2D eigenvalue weighted by molar-refractivity contribution is 7.98. The monoisotopic (exact) mass is 390 g/mol. The van der Waals surface area contributed by atoms with Crippen LogP contribution in [0.1, 0.15) is 40.3 Å². The molecule has 0 saturated carbocycles. The van der Waals surface area contributed by atoms with Gasteiger partial charge in [-0.2, -0.15) is 0 Å². The molecule has 138 valence electrons. The molecule has 7 heteroatoms. The lowest BCUT2D eigenvalue weighted by Gasteiger charge is -2.33. The summed E-state index contributed by atoms with van der Waals surface area (Å²) in [5, 5.41) is 3.15. The number of nitrogens with zero attached hydrogens (tertiary/aromatic N) is 2. The van der Waals surface area contributed by atoms with Gasteiger partial charge in [-0.3, -0.25) is 4.79 Å². The predicted molar refractivity (Wildman–Crippen MR) is 104 cm³/mol. The quantitative estimate of drug-likeness (QED) is 0.572. The highest BCUT2D eigenvalue weighted by Gasteiger charge is 2.33. The molecule has 0 radical (unpaired) electrons. The van der Waals surface area contributed by atoms with Crippen LogP contribution in [0, 0.1) is 6.92 Å². The number of piperidine rings is 1. The van der Waals surface area contributed by atoms with Crippen molar-refractivity contribution in [2.24, 2.45) is 0 Å². The molecule has 2 heterocycles. The van der Waals surface area contributed by atoms with E-state index in [1.165, 1.54) is 7.11 Å². The third-order valence-electron chi connectivity index (χ3n) is 4.39. The molecule has 1 unspecified atom stereocenters. The van der Waals surface area contributed by atoms with Crippen LogP contribution < -0.4 is 0 Å². The summed E-state index contributed by atoms with van der Waals surface area (Å²) in [6.45, 7) is 2.60. The minimum absolute atomic E-state index is 0.105. The molecular weight excluding hydrogens is 368 g/mol. The van der Waals surface area contributed by atoms with Crippen LogP contribution in [-0.4, -0.2) is 41.5 Å². The van der Waals surface area contributed by atoms with Crippen molar-refractivity contribution < 1.29 is 14.3 Å². The first kappa shape index (κ1) is 18.9. The number of aromatic nitrogens is 1. The minimum atomic E-state index is -0.469. The van der Waals surface area contributed by atoms with Crippen LogP contribution in [0.25, 0.3) is 0 Å². The molecule has 1 amide bonds. The standard InChI is InChI=1S/C19H22N2O3S2/c1-13-20-15(11-25-13)12-26-16-8-6-14(7-9-16)18(22)21-10-4-3-5-17(21)19(23)24-2/h6-9,11,17H,3-5,10,12H2,1-2H3. The van der Waals surface area contributed by atoms with Gasteiger partial charge in [-0.1, -0.05) is 0 Å². The third-order valence-corrected chi connectivity index (χ3v) is 6.26. The Balaban J connectivity index is 1.65. The minimum Gasteiger partial charge on any atom is -0.467 e. The number of carbonyl (C=O) groups excluding carboxylic acids is 2. The van der Waals surface area contributed by atoms with Crippen molar-refractivity contribution >= 4 is 35.0 Å². The number of ether oxygens (including phenoxy) is 1. The topological polar surface area (TPSA) is 59.5 Å². The largest absolute Gasteiger partial charge is 0.467 e. The van der Waals surface area contributed by atoms with Gasteiger partial charge in [-0.25, -0.2) is 9.78 Å². The summed E-state index contributed by atoms with van der Waals surface area (Å²) in [5.41, 5.74) is 1.68. The highest BCUT2D eigenvalue weighted by Crippen LogP contribution is 2.25. The van der Waals surface area contributed by atoms with Gasteiger partial charge in [0.25, 0.3) is 5.91 Å². The fourth-order valence-electron chi connectivity index (χ4n) is 3.05. The van der Waals surface area contributed by atoms with Crippen molar-refractivity contribution in [1.29, 1.82) is 0 Å². The number of thiazole rings is 1. The van der Waals surface area contributed by atoms with E-state index < -0.39 is 6.04 Å². The number of aryl methyl sites for hydroxylation is 1. The second-order valence-corrected chi connectivity index (χ2v) is 8.32. The number of likely N-dealkylation sites (tertiary alicyclic amines) is 1. The lowest BCUT2D eigenvalue weighted by atomic mass is 10.0. The summed E-state index contributed by atoms with van der Waals surface area (Å²) < 4.78 is 4.86. The molecule has 1 aromatic carbocycles. The van der Waals surface area contributed by atoms with E-state index in [2.05, 4.69) is 10.4 Å². The maximum Gasteiger partial charge on any atom is 0.328 e. The summed E-state index contributed by atoms with van der Waals surface area (Å²) in [4.78, 5) is 32.0. The van der Waals surface area contributed by atoms with Gasteiger partial charge in [-0.05, 0) is 50.5 Å². The van der Waals surface area contributed by atoms with Crippen LogP contribution in [0.15, 0.2) is 34.5 Å². The van der Waals surface area contributed by atoms with Crippen molar-refractivity contribution in [1.82, 2.24) is 9.88 Å². The molecule has 1 aliphatic heterocycles. The van der Waals surface area contributed by atoms with Gasteiger partial charge in [0.15, 0.2) is 0 Å². The molecule has 2 aromatic rings. The predicted octanol–water partition coefficient (Wildman–Crippen LogP) is 3.91. The Labute approximate surface area is 161 Å².